The second-order valence-corrected chi connectivity index (χ2v) is 7.76. The lowest BCUT2D eigenvalue weighted by molar-refractivity contribution is -0.140. The summed E-state index contributed by atoms with van der Waals surface area (Å²) in [4.78, 5) is 14.9. The second-order valence-electron chi connectivity index (χ2n) is 6.94. The number of halogens is 1. The molecule has 3 rings (SSSR count). The number of rotatable bonds is 8. The number of thiocarbonyl (C=S) groups is 1. The van der Waals surface area contributed by atoms with Crippen LogP contribution in [-0.2, 0) is 14.3 Å². The first kappa shape index (κ1) is 23.8. The van der Waals surface area contributed by atoms with Gasteiger partial charge in [0.2, 0.25) is 0 Å². The maximum atomic E-state index is 13.2. The van der Waals surface area contributed by atoms with Crippen LogP contribution in [0.4, 0.5) is 5.69 Å². The van der Waals surface area contributed by atoms with Gasteiger partial charge in [0.15, 0.2) is 16.6 Å². The van der Waals surface area contributed by atoms with E-state index in [0.717, 1.165) is 11.3 Å². The number of carbonyl (C=O) groups excluding carboxylic acids is 1. The highest BCUT2D eigenvalue weighted by Crippen LogP contribution is 2.37. The first-order valence-corrected chi connectivity index (χ1v) is 10.6. The molecule has 0 aliphatic carbocycles. The van der Waals surface area contributed by atoms with Crippen molar-refractivity contribution in [2.24, 2.45) is 0 Å². The van der Waals surface area contributed by atoms with Gasteiger partial charge in [-0.25, -0.2) is 4.79 Å². The topological polar surface area (TPSA) is 69.3 Å². The van der Waals surface area contributed by atoms with Crippen molar-refractivity contribution in [3.63, 3.8) is 0 Å². The molecule has 7 nitrogen and oxygen atoms in total. The van der Waals surface area contributed by atoms with Gasteiger partial charge in [0.1, 0.15) is 6.61 Å². The third-order valence-electron chi connectivity index (χ3n) is 5.05. The molecular weight excluding hydrogens is 452 g/mol. The Hall–Kier alpha value is -2.81. The zero-order valence-corrected chi connectivity index (χ0v) is 19.9. The number of carbonyl (C=O) groups is 1. The molecule has 1 aliphatic rings. The highest BCUT2D eigenvalue weighted by molar-refractivity contribution is 7.80. The molecule has 2 aromatic carbocycles. The molecule has 0 saturated carbocycles. The Morgan fingerprint density at radius 3 is 2.38 bits per heavy atom. The molecule has 1 aliphatic heterocycles. The zero-order valence-electron chi connectivity index (χ0n) is 18.3. The van der Waals surface area contributed by atoms with E-state index in [1.165, 1.54) is 0 Å². The van der Waals surface area contributed by atoms with Crippen LogP contribution >= 0.6 is 23.8 Å². The van der Waals surface area contributed by atoms with Crippen molar-refractivity contribution < 1.29 is 23.7 Å². The second kappa shape index (κ2) is 10.7. The predicted molar refractivity (Wildman–Crippen MR) is 127 cm³/mol. The maximum Gasteiger partial charge on any atom is 0.338 e. The molecule has 0 amide bonds. The summed E-state index contributed by atoms with van der Waals surface area (Å²) in [6, 6.07) is 12.1. The van der Waals surface area contributed by atoms with Crippen LogP contribution in [0.3, 0.4) is 0 Å². The summed E-state index contributed by atoms with van der Waals surface area (Å²) < 4.78 is 21.3. The van der Waals surface area contributed by atoms with Gasteiger partial charge in [-0.3, -0.25) is 4.90 Å². The van der Waals surface area contributed by atoms with Crippen LogP contribution in [0.15, 0.2) is 53.7 Å². The Morgan fingerprint density at radius 2 is 1.75 bits per heavy atom. The van der Waals surface area contributed by atoms with Crippen molar-refractivity contribution >= 4 is 40.6 Å². The fraction of sp³-hybridized carbons (Fsp3) is 0.304. The van der Waals surface area contributed by atoms with Gasteiger partial charge in [0.25, 0.3) is 0 Å². The van der Waals surface area contributed by atoms with Crippen LogP contribution in [0.2, 0.25) is 5.02 Å². The molecule has 0 spiro atoms. The fourth-order valence-corrected chi connectivity index (χ4v) is 3.97. The molecule has 0 fully saturated rings. The molecule has 2 aromatic rings. The van der Waals surface area contributed by atoms with E-state index in [9.17, 15) is 4.79 Å². The largest absolute Gasteiger partial charge is 0.493 e. The van der Waals surface area contributed by atoms with E-state index in [0.29, 0.717) is 39.5 Å². The van der Waals surface area contributed by atoms with Gasteiger partial charge in [-0.2, -0.15) is 0 Å². The summed E-state index contributed by atoms with van der Waals surface area (Å²) in [5, 5.41) is 4.32. The number of benzene rings is 2. The van der Waals surface area contributed by atoms with E-state index in [4.69, 9.17) is 42.8 Å². The number of hydrogen-bond acceptors (Lipinski definition) is 6. The predicted octanol–water partition coefficient (Wildman–Crippen LogP) is 4.26. The summed E-state index contributed by atoms with van der Waals surface area (Å²) in [6.07, 6.45) is 0. The third kappa shape index (κ3) is 4.98. The standard InChI is InChI=1S/C23H25ClN2O5S/c1-14-20(22(27)31-12-11-28-2)21(15-5-10-18(29-3)19(13-15)30-4)25-23(32)26(14)17-8-6-16(24)7-9-17/h5-10,13,21H,11-12H2,1-4H3,(H,25,32). The lowest BCUT2D eigenvalue weighted by atomic mass is 9.94. The Bertz CT molecular complexity index is 1030. The minimum absolute atomic E-state index is 0.135. The molecular formula is C23H25ClN2O5S. The quantitative estimate of drug-likeness (QED) is 0.344. The van der Waals surface area contributed by atoms with E-state index in [-0.39, 0.29) is 6.61 Å². The molecule has 1 atom stereocenters. The number of nitrogens with zero attached hydrogens (tertiary/aromatic N) is 1. The van der Waals surface area contributed by atoms with Crippen molar-refractivity contribution in [2.75, 3.05) is 39.4 Å². The molecule has 9 heteroatoms. The molecule has 0 bridgehead atoms. The third-order valence-corrected chi connectivity index (χ3v) is 5.60. The van der Waals surface area contributed by atoms with Crippen molar-refractivity contribution in [2.45, 2.75) is 13.0 Å². The van der Waals surface area contributed by atoms with Gasteiger partial charge < -0.3 is 24.3 Å². The Morgan fingerprint density at radius 1 is 1.06 bits per heavy atom. The van der Waals surface area contributed by atoms with Crippen molar-refractivity contribution in [3.8, 4) is 11.5 Å². The van der Waals surface area contributed by atoms with E-state index in [1.807, 2.05) is 31.2 Å². The van der Waals surface area contributed by atoms with Gasteiger partial charge in [0.05, 0.1) is 32.4 Å². The van der Waals surface area contributed by atoms with E-state index >= 15 is 0 Å². The summed E-state index contributed by atoms with van der Waals surface area (Å²) in [6.45, 7) is 2.27. The number of anilines is 1. The highest BCUT2D eigenvalue weighted by atomic mass is 35.5. The number of nitrogens with one attached hydrogen (secondary N) is 1. The molecule has 0 aromatic heterocycles. The SMILES string of the molecule is COCCOC(=O)C1=C(C)N(c2ccc(Cl)cc2)C(=S)NC1c1ccc(OC)c(OC)c1. The zero-order chi connectivity index (χ0) is 23.3. The number of allylic oxidation sites excluding steroid dienone is 1. The van der Waals surface area contributed by atoms with Gasteiger partial charge >= 0.3 is 5.97 Å². The average molecular weight is 477 g/mol. The summed E-state index contributed by atoms with van der Waals surface area (Å²) in [7, 11) is 4.68. The van der Waals surface area contributed by atoms with E-state index in [1.54, 1.807) is 44.4 Å². The Labute approximate surface area is 197 Å². The minimum atomic E-state index is -0.541. The van der Waals surface area contributed by atoms with Crippen LogP contribution in [0.25, 0.3) is 0 Å². The fourth-order valence-electron chi connectivity index (χ4n) is 3.49. The first-order valence-electron chi connectivity index (χ1n) is 9.86. The van der Waals surface area contributed by atoms with Crippen LogP contribution in [0.1, 0.15) is 18.5 Å². The van der Waals surface area contributed by atoms with E-state index < -0.39 is 12.0 Å². The molecule has 0 radical (unpaired) electrons. The molecule has 0 saturated heterocycles. The van der Waals surface area contributed by atoms with Gasteiger partial charge in [-0.05, 0) is 61.1 Å². The van der Waals surface area contributed by atoms with Crippen molar-refractivity contribution in [1.29, 1.82) is 0 Å². The van der Waals surface area contributed by atoms with Crippen molar-refractivity contribution in [3.05, 3.63) is 64.3 Å². The minimum Gasteiger partial charge on any atom is -0.493 e. The number of ether oxygens (including phenoxy) is 4. The molecule has 1 unspecified atom stereocenters. The van der Waals surface area contributed by atoms with E-state index in [2.05, 4.69) is 5.32 Å². The van der Waals surface area contributed by atoms with Crippen LogP contribution in [0, 0.1) is 0 Å². The van der Waals surface area contributed by atoms with Crippen LogP contribution in [0.5, 0.6) is 11.5 Å². The number of methoxy groups -OCH3 is 3. The molecule has 170 valence electrons. The lowest BCUT2D eigenvalue weighted by Crippen LogP contribution is -2.48. The Kier molecular flexibility index (Phi) is 7.95. The summed E-state index contributed by atoms with van der Waals surface area (Å²) >= 11 is 11.7. The molecule has 32 heavy (non-hydrogen) atoms. The first-order chi connectivity index (χ1) is 15.4. The van der Waals surface area contributed by atoms with Crippen LogP contribution < -0.4 is 19.7 Å². The lowest BCUT2D eigenvalue weighted by Gasteiger charge is -2.37. The average Bonchev–Trinajstić information content (AvgIpc) is 2.79. The van der Waals surface area contributed by atoms with Crippen molar-refractivity contribution in [1.82, 2.24) is 5.32 Å². The van der Waals surface area contributed by atoms with Gasteiger partial charge in [-0.15, -0.1) is 0 Å². The molecule has 1 N–H and O–H groups in total. The maximum absolute atomic E-state index is 13.2. The summed E-state index contributed by atoms with van der Waals surface area (Å²) in [5.41, 5.74) is 2.63. The number of esters is 1. The monoisotopic (exact) mass is 476 g/mol. The number of hydrogen-bond donors (Lipinski definition) is 1. The smallest absolute Gasteiger partial charge is 0.338 e. The van der Waals surface area contributed by atoms with Gasteiger partial charge in [-0.1, -0.05) is 17.7 Å². The normalized spacial score (nSPS) is 16.0. The highest BCUT2D eigenvalue weighted by Gasteiger charge is 2.36. The van der Waals surface area contributed by atoms with Gasteiger partial charge in [0, 0.05) is 23.5 Å². The van der Waals surface area contributed by atoms with Crippen LogP contribution in [-0.4, -0.2) is 45.6 Å². The summed E-state index contributed by atoms with van der Waals surface area (Å²) in [5.74, 6) is 0.665. The molecule has 1 heterocycles. The Balaban J connectivity index is 2.09.